The summed E-state index contributed by atoms with van der Waals surface area (Å²) in [5.74, 6) is 0.262. The summed E-state index contributed by atoms with van der Waals surface area (Å²) in [5, 5.41) is 13.8. The molecule has 5 nitrogen and oxygen atoms in total. The number of rotatable bonds is 5. The molecule has 0 aliphatic carbocycles. The summed E-state index contributed by atoms with van der Waals surface area (Å²) in [4.78, 5) is 2.31. The maximum absolute atomic E-state index is 14.8. The van der Waals surface area contributed by atoms with Crippen molar-refractivity contribution in [3.05, 3.63) is 66.1 Å². The molecule has 0 amide bonds. The highest BCUT2D eigenvalue weighted by Gasteiger charge is 2.22. The minimum absolute atomic E-state index is 0.136. The molecule has 1 aromatic heterocycles. The number of para-hydroxylation sites is 1. The molecule has 6 heteroatoms. The number of ether oxygens (including phenoxy) is 1. The van der Waals surface area contributed by atoms with Crippen molar-refractivity contribution in [3.63, 3.8) is 0 Å². The Bertz CT molecular complexity index is 1020. The van der Waals surface area contributed by atoms with Gasteiger partial charge in [-0.2, -0.15) is 10.4 Å². The van der Waals surface area contributed by atoms with E-state index in [4.69, 9.17) is 15.1 Å². The van der Waals surface area contributed by atoms with Crippen molar-refractivity contribution >= 4 is 0 Å². The molecule has 0 spiro atoms. The van der Waals surface area contributed by atoms with Crippen LogP contribution in [-0.4, -0.2) is 34.9 Å². The first kappa shape index (κ1) is 19.2. The summed E-state index contributed by atoms with van der Waals surface area (Å²) in [6.45, 7) is 2.39. The number of nitriles is 1. The Balaban J connectivity index is 1.69. The molecule has 1 saturated heterocycles. The molecule has 2 heterocycles. The molecule has 2 aromatic carbocycles. The molecule has 0 saturated carbocycles. The van der Waals surface area contributed by atoms with Gasteiger partial charge >= 0.3 is 0 Å². The van der Waals surface area contributed by atoms with Crippen LogP contribution in [-0.2, 0) is 6.54 Å². The van der Waals surface area contributed by atoms with Crippen molar-refractivity contribution in [2.24, 2.45) is 5.92 Å². The van der Waals surface area contributed by atoms with E-state index in [-0.39, 0.29) is 11.7 Å². The van der Waals surface area contributed by atoms with Crippen molar-refractivity contribution in [3.8, 4) is 28.8 Å². The minimum Gasteiger partial charge on any atom is -0.497 e. The van der Waals surface area contributed by atoms with Crippen LogP contribution in [0.4, 0.5) is 4.39 Å². The van der Waals surface area contributed by atoms with Gasteiger partial charge in [-0.1, -0.05) is 18.2 Å². The lowest BCUT2D eigenvalue weighted by molar-refractivity contribution is 0.198. The van der Waals surface area contributed by atoms with E-state index in [1.165, 1.54) is 13.2 Å². The van der Waals surface area contributed by atoms with E-state index >= 15 is 0 Å². The summed E-state index contributed by atoms with van der Waals surface area (Å²) >= 11 is 0. The number of benzene rings is 2. The van der Waals surface area contributed by atoms with Gasteiger partial charge in [-0.15, -0.1) is 0 Å². The second-order valence-electron chi connectivity index (χ2n) is 7.31. The Morgan fingerprint density at radius 1 is 1.17 bits per heavy atom. The van der Waals surface area contributed by atoms with Crippen LogP contribution < -0.4 is 4.74 Å². The molecule has 1 aliphatic rings. The molecule has 0 atom stereocenters. The number of hydrogen-bond acceptors (Lipinski definition) is 4. The maximum Gasteiger partial charge on any atom is 0.136 e. The van der Waals surface area contributed by atoms with Crippen LogP contribution in [0.25, 0.3) is 16.9 Å². The van der Waals surface area contributed by atoms with Crippen LogP contribution in [0.1, 0.15) is 18.4 Å². The summed E-state index contributed by atoms with van der Waals surface area (Å²) in [6.07, 6.45) is 3.72. The van der Waals surface area contributed by atoms with Crippen LogP contribution in [0.2, 0.25) is 0 Å². The van der Waals surface area contributed by atoms with Gasteiger partial charge in [-0.25, -0.2) is 9.07 Å². The van der Waals surface area contributed by atoms with E-state index in [1.807, 2.05) is 36.5 Å². The SMILES string of the molecule is COc1ccc(-c2nn(-c3ccccc3)cc2CN2CCC(C#N)CC2)c(F)c1. The fourth-order valence-corrected chi connectivity index (χ4v) is 3.74. The third-order valence-electron chi connectivity index (χ3n) is 5.41. The van der Waals surface area contributed by atoms with E-state index in [0.717, 1.165) is 37.2 Å². The van der Waals surface area contributed by atoms with Gasteiger partial charge in [0.1, 0.15) is 17.3 Å². The van der Waals surface area contributed by atoms with E-state index in [2.05, 4.69) is 11.0 Å². The van der Waals surface area contributed by atoms with Gasteiger partial charge in [0.25, 0.3) is 0 Å². The second kappa shape index (κ2) is 8.46. The zero-order valence-electron chi connectivity index (χ0n) is 16.4. The predicted molar refractivity (Wildman–Crippen MR) is 109 cm³/mol. The topological polar surface area (TPSA) is 54.1 Å². The van der Waals surface area contributed by atoms with E-state index in [1.54, 1.807) is 16.8 Å². The monoisotopic (exact) mass is 390 g/mol. The van der Waals surface area contributed by atoms with Crippen LogP contribution in [0.15, 0.2) is 54.7 Å². The quantitative estimate of drug-likeness (QED) is 0.647. The summed E-state index contributed by atoms with van der Waals surface area (Å²) < 4.78 is 21.7. The number of aromatic nitrogens is 2. The normalized spacial score (nSPS) is 15.2. The highest BCUT2D eigenvalue weighted by molar-refractivity contribution is 5.65. The van der Waals surface area contributed by atoms with Gasteiger partial charge in [-0.05, 0) is 50.2 Å². The molecule has 0 N–H and O–H groups in total. The smallest absolute Gasteiger partial charge is 0.136 e. The van der Waals surface area contributed by atoms with Crippen molar-refractivity contribution in [1.29, 1.82) is 5.26 Å². The molecule has 1 fully saturated rings. The lowest BCUT2D eigenvalue weighted by atomic mass is 9.98. The highest BCUT2D eigenvalue weighted by atomic mass is 19.1. The minimum atomic E-state index is -0.355. The molecule has 3 aromatic rings. The lowest BCUT2D eigenvalue weighted by Crippen LogP contribution is -2.32. The van der Waals surface area contributed by atoms with Crippen molar-refractivity contribution in [1.82, 2.24) is 14.7 Å². The first-order valence-electron chi connectivity index (χ1n) is 9.78. The van der Waals surface area contributed by atoms with Gasteiger partial charge in [0.2, 0.25) is 0 Å². The Kier molecular flexibility index (Phi) is 5.59. The number of piperidine rings is 1. The Hall–Kier alpha value is -3.17. The molecular formula is C23H23FN4O. The van der Waals surface area contributed by atoms with E-state index in [0.29, 0.717) is 23.6 Å². The largest absolute Gasteiger partial charge is 0.497 e. The standard InChI is InChI=1S/C23H23FN4O/c1-29-20-7-8-21(22(24)13-20)23-18(15-27-11-9-17(14-25)10-12-27)16-28(26-23)19-5-3-2-4-6-19/h2-8,13,16-17H,9-12,15H2,1H3. The van der Waals surface area contributed by atoms with E-state index in [9.17, 15) is 4.39 Å². The molecular weight excluding hydrogens is 367 g/mol. The number of methoxy groups -OCH3 is 1. The Morgan fingerprint density at radius 2 is 1.93 bits per heavy atom. The first-order chi connectivity index (χ1) is 14.2. The van der Waals surface area contributed by atoms with Crippen molar-refractivity contribution in [2.75, 3.05) is 20.2 Å². The number of nitrogens with zero attached hydrogens (tertiary/aromatic N) is 4. The van der Waals surface area contributed by atoms with Crippen LogP contribution in [0, 0.1) is 23.1 Å². The molecule has 0 bridgehead atoms. The number of likely N-dealkylation sites (tertiary alicyclic amines) is 1. The van der Waals surface area contributed by atoms with Crippen molar-refractivity contribution < 1.29 is 9.13 Å². The zero-order chi connectivity index (χ0) is 20.2. The highest BCUT2D eigenvalue weighted by Crippen LogP contribution is 2.30. The first-order valence-corrected chi connectivity index (χ1v) is 9.78. The van der Waals surface area contributed by atoms with E-state index < -0.39 is 0 Å². The van der Waals surface area contributed by atoms with Crippen LogP contribution in [0.5, 0.6) is 5.75 Å². The van der Waals surface area contributed by atoms with Gasteiger partial charge in [0.05, 0.1) is 18.9 Å². The number of halogens is 1. The summed E-state index contributed by atoms with van der Waals surface area (Å²) in [7, 11) is 1.52. The molecule has 0 radical (unpaired) electrons. The van der Waals surface area contributed by atoms with Crippen molar-refractivity contribution in [2.45, 2.75) is 19.4 Å². The fraction of sp³-hybridized carbons (Fsp3) is 0.304. The molecule has 148 valence electrons. The Morgan fingerprint density at radius 3 is 2.59 bits per heavy atom. The van der Waals surface area contributed by atoms with Crippen LogP contribution in [0.3, 0.4) is 0 Å². The van der Waals surface area contributed by atoms with Gasteiger partial charge in [0.15, 0.2) is 0 Å². The molecule has 0 unspecified atom stereocenters. The summed E-state index contributed by atoms with van der Waals surface area (Å²) in [5.41, 5.74) is 2.99. The maximum atomic E-state index is 14.8. The Labute approximate surface area is 169 Å². The second-order valence-corrected chi connectivity index (χ2v) is 7.31. The van der Waals surface area contributed by atoms with Gasteiger partial charge < -0.3 is 4.74 Å². The van der Waals surface area contributed by atoms with Crippen LogP contribution >= 0.6 is 0 Å². The third kappa shape index (κ3) is 4.15. The lowest BCUT2D eigenvalue weighted by Gasteiger charge is -2.28. The molecule has 29 heavy (non-hydrogen) atoms. The molecule has 1 aliphatic heterocycles. The zero-order valence-corrected chi connectivity index (χ0v) is 16.4. The average Bonchev–Trinajstić information content (AvgIpc) is 3.18. The van der Waals surface area contributed by atoms with Gasteiger partial charge in [-0.3, -0.25) is 4.90 Å². The summed E-state index contributed by atoms with van der Waals surface area (Å²) in [6, 6.07) is 17.0. The van der Waals surface area contributed by atoms with Gasteiger partial charge in [0, 0.05) is 35.9 Å². The number of hydrogen-bond donors (Lipinski definition) is 0. The average molecular weight is 390 g/mol. The third-order valence-corrected chi connectivity index (χ3v) is 5.41. The predicted octanol–water partition coefficient (Wildman–Crippen LogP) is 4.42. The molecule has 4 rings (SSSR count). The fourth-order valence-electron chi connectivity index (χ4n) is 3.74.